The second-order valence-corrected chi connectivity index (χ2v) is 7.53. The Morgan fingerprint density at radius 2 is 1.55 bits per heavy atom. The predicted octanol–water partition coefficient (Wildman–Crippen LogP) is 3.65. The molecule has 0 aromatic heterocycles. The summed E-state index contributed by atoms with van der Waals surface area (Å²) < 4.78 is 13.2. The second-order valence-electron chi connectivity index (χ2n) is 7.53. The van der Waals surface area contributed by atoms with E-state index in [1.807, 2.05) is 32.9 Å². The maximum atomic E-state index is 13.2. The van der Waals surface area contributed by atoms with Crippen molar-refractivity contribution in [2.75, 3.05) is 18.4 Å². The monoisotopic (exact) mass is 427 g/mol. The summed E-state index contributed by atoms with van der Waals surface area (Å²) in [7, 11) is 0. The molecular formula is C24H30FN3O3. The van der Waals surface area contributed by atoms with Crippen molar-refractivity contribution in [2.24, 2.45) is 5.92 Å². The highest BCUT2D eigenvalue weighted by Gasteiger charge is 2.24. The fourth-order valence-electron chi connectivity index (χ4n) is 3.17. The molecule has 0 saturated carbocycles. The maximum Gasteiger partial charge on any atom is 0.243 e. The van der Waals surface area contributed by atoms with Crippen molar-refractivity contribution in [3.05, 3.63) is 65.5 Å². The van der Waals surface area contributed by atoms with Crippen LogP contribution >= 0.6 is 0 Å². The highest BCUT2D eigenvalue weighted by molar-refractivity contribution is 5.95. The number of nitrogens with one attached hydrogen (secondary N) is 2. The fraction of sp³-hybridized carbons (Fsp3) is 0.375. The molecule has 0 aliphatic heterocycles. The molecule has 31 heavy (non-hydrogen) atoms. The molecule has 2 rings (SSSR count). The van der Waals surface area contributed by atoms with Gasteiger partial charge >= 0.3 is 0 Å². The molecule has 0 saturated heterocycles. The first-order valence-corrected chi connectivity index (χ1v) is 10.5. The molecule has 2 N–H and O–H groups in total. The zero-order chi connectivity index (χ0) is 22.8. The minimum atomic E-state index is -0.430. The summed E-state index contributed by atoms with van der Waals surface area (Å²) in [5, 5.41) is 5.28. The molecule has 2 aromatic rings. The Morgan fingerprint density at radius 3 is 2.13 bits per heavy atom. The Labute approximate surface area is 182 Å². The number of hydrogen-bond acceptors (Lipinski definition) is 3. The van der Waals surface area contributed by atoms with Gasteiger partial charge in [-0.25, -0.2) is 4.39 Å². The lowest BCUT2D eigenvalue weighted by molar-refractivity contribution is -0.140. The molecule has 7 heteroatoms. The van der Waals surface area contributed by atoms with Crippen LogP contribution in [0.4, 0.5) is 10.1 Å². The summed E-state index contributed by atoms with van der Waals surface area (Å²) in [4.78, 5) is 38.9. The van der Waals surface area contributed by atoms with Crippen LogP contribution in [0, 0.1) is 18.7 Å². The quantitative estimate of drug-likeness (QED) is 0.608. The Kier molecular flexibility index (Phi) is 9.18. The van der Waals surface area contributed by atoms with E-state index in [1.165, 1.54) is 17.0 Å². The molecule has 0 radical (unpaired) electrons. The molecule has 3 amide bonds. The lowest BCUT2D eigenvalue weighted by Gasteiger charge is -2.26. The molecule has 0 unspecified atom stereocenters. The zero-order valence-electron chi connectivity index (χ0n) is 18.3. The van der Waals surface area contributed by atoms with Gasteiger partial charge in [-0.05, 0) is 49.6 Å². The molecule has 0 aliphatic rings. The third-order valence-corrected chi connectivity index (χ3v) is 5.05. The van der Waals surface area contributed by atoms with E-state index < -0.39 is 5.91 Å². The van der Waals surface area contributed by atoms with Gasteiger partial charge in [0, 0.05) is 18.2 Å². The van der Waals surface area contributed by atoms with E-state index >= 15 is 0 Å². The molecule has 2 aromatic carbocycles. The SMILES string of the molecule is CCC(CC)C(=O)N(CC(=O)NCC(=O)Nc1ccc(C)cc1)Cc1ccc(F)cc1. The molecule has 0 spiro atoms. The van der Waals surface area contributed by atoms with Crippen LogP contribution < -0.4 is 10.6 Å². The van der Waals surface area contributed by atoms with E-state index in [2.05, 4.69) is 10.6 Å². The molecule has 0 fully saturated rings. The van der Waals surface area contributed by atoms with Gasteiger partial charge < -0.3 is 15.5 Å². The highest BCUT2D eigenvalue weighted by Crippen LogP contribution is 2.15. The van der Waals surface area contributed by atoms with Crippen molar-refractivity contribution in [3.63, 3.8) is 0 Å². The number of hydrogen-bond donors (Lipinski definition) is 2. The van der Waals surface area contributed by atoms with Crippen LogP contribution in [-0.2, 0) is 20.9 Å². The van der Waals surface area contributed by atoms with Crippen molar-refractivity contribution in [3.8, 4) is 0 Å². The van der Waals surface area contributed by atoms with Gasteiger partial charge in [-0.2, -0.15) is 0 Å². The number of aryl methyl sites for hydroxylation is 1. The van der Waals surface area contributed by atoms with E-state index in [0.29, 0.717) is 18.5 Å². The number of anilines is 1. The normalized spacial score (nSPS) is 10.6. The van der Waals surface area contributed by atoms with Gasteiger partial charge in [-0.15, -0.1) is 0 Å². The number of amides is 3. The number of carbonyl (C=O) groups is 3. The first kappa shape index (κ1) is 24.1. The van der Waals surface area contributed by atoms with Gasteiger partial charge in [0.05, 0.1) is 13.1 Å². The Balaban J connectivity index is 1.96. The van der Waals surface area contributed by atoms with Crippen molar-refractivity contribution < 1.29 is 18.8 Å². The average molecular weight is 428 g/mol. The first-order chi connectivity index (χ1) is 14.8. The summed E-state index contributed by atoms with van der Waals surface area (Å²) >= 11 is 0. The minimum absolute atomic E-state index is 0.131. The van der Waals surface area contributed by atoms with Crippen LogP contribution in [-0.4, -0.2) is 35.7 Å². The average Bonchev–Trinajstić information content (AvgIpc) is 2.75. The molecule has 0 aliphatic carbocycles. The third-order valence-electron chi connectivity index (χ3n) is 5.05. The van der Waals surface area contributed by atoms with E-state index in [9.17, 15) is 18.8 Å². The minimum Gasteiger partial charge on any atom is -0.345 e. The van der Waals surface area contributed by atoms with Gasteiger partial charge in [-0.3, -0.25) is 14.4 Å². The summed E-state index contributed by atoms with van der Waals surface area (Å²) in [5.74, 6) is -1.47. The topological polar surface area (TPSA) is 78.5 Å². The van der Waals surface area contributed by atoms with E-state index in [-0.39, 0.29) is 43.2 Å². The smallest absolute Gasteiger partial charge is 0.243 e. The van der Waals surface area contributed by atoms with Gasteiger partial charge in [0.25, 0.3) is 0 Å². The molecule has 6 nitrogen and oxygen atoms in total. The molecular weight excluding hydrogens is 397 g/mol. The van der Waals surface area contributed by atoms with Crippen molar-refractivity contribution in [1.29, 1.82) is 0 Å². The second kappa shape index (κ2) is 11.8. The van der Waals surface area contributed by atoms with E-state index in [4.69, 9.17) is 0 Å². The highest BCUT2D eigenvalue weighted by atomic mass is 19.1. The number of rotatable bonds is 10. The van der Waals surface area contributed by atoms with Crippen LogP contribution in [0.25, 0.3) is 0 Å². The van der Waals surface area contributed by atoms with Gasteiger partial charge in [-0.1, -0.05) is 43.7 Å². The summed E-state index contributed by atoms with van der Waals surface area (Å²) in [6.07, 6.45) is 1.33. The van der Waals surface area contributed by atoms with Gasteiger partial charge in [0.2, 0.25) is 17.7 Å². The van der Waals surface area contributed by atoms with Crippen molar-refractivity contribution in [1.82, 2.24) is 10.2 Å². The van der Waals surface area contributed by atoms with Gasteiger partial charge in [0.1, 0.15) is 5.82 Å². The van der Waals surface area contributed by atoms with Gasteiger partial charge in [0.15, 0.2) is 0 Å². The van der Waals surface area contributed by atoms with Crippen LogP contribution in [0.2, 0.25) is 0 Å². The summed E-state index contributed by atoms with van der Waals surface area (Å²) in [6.45, 7) is 5.63. The van der Waals surface area contributed by atoms with Crippen LogP contribution in [0.15, 0.2) is 48.5 Å². The number of nitrogens with zero attached hydrogens (tertiary/aromatic N) is 1. The molecule has 0 heterocycles. The fourth-order valence-corrected chi connectivity index (χ4v) is 3.17. The predicted molar refractivity (Wildman–Crippen MR) is 119 cm³/mol. The van der Waals surface area contributed by atoms with Crippen LogP contribution in [0.1, 0.15) is 37.8 Å². The largest absolute Gasteiger partial charge is 0.345 e. The standard InChI is InChI=1S/C24H30FN3O3/c1-4-19(5-2)24(31)28(15-18-8-10-20(25)11-9-18)16-23(30)26-14-22(29)27-21-12-6-17(3)7-13-21/h6-13,19H,4-5,14-16H2,1-3H3,(H,26,30)(H,27,29). The summed E-state index contributed by atoms with van der Waals surface area (Å²) in [5.41, 5.74) is 2.45. The van der Waals surface area contributed by atoms with E-state index in [0.717, 1.165) is 11.1 Å². The number of benzene rings is 2. The maximum absolute atomic E-state index is 13.2. The molecule has 166 valence electrons. The zero-order valence-corrected chi connectivity index (χ0v) is 18.3. The third kappa shape index (κ3) is 7.85. The lowest BCUT2D eigenvalue weighted by atomic mass is 10.0. The molecule has 0 bridgehead atoms. The lowest BCUT2D eigenvalue weighted by Crippen LogP contribution is -2.44. The van der Waals surface area contributed by atoms with Crippen LogP contribution in [0.5, 0.6) is 0 Å². The van der Waals surface area contributed by atoms with E-state index in [1.54, 1.807) is 24.3 Å². The Morgan fingerprint density at radius 1 is 0.935 bits per heavy atom. The Bertz CT molecular complexity index is 878. The Hall–Kier alpha value is -3.22. The number of halogens is 1. The first-order valence-electron chi connectivity index (χ1n) is 10.5. The van der Waals surface area contributed by atoms with Crippen molar-refractivity contribution in [2.45, 2.75) is 40.2 Å². The van der Waals surface area contributed by atoms with Crippen LogP contribution in [0.3, 0.4) is 0 Å². The number of carbonyl (C=O) groups excluding carboxylic acids is 3. The van der Waals surface area contributed by atoms with Crippen molar-refractivity contribution >= 4 is 23.4 Å². The molecule has 0 atom stereocenters. The summed E-state index contributed by atoms with van der Waals surface area (Å²) in [6, 6.07) is 13.2.